The minimum atomic E-state index is -1.03. The van der Waals surface area contributed by atoms with Gasteiger partial charge in [0.25, 0.3) is 0 Å². The third-order valence-electron chi connectivity index (χ3n) is 3.01. The Hall–Kier alpha value is -2.04. The first kappa shape index (κ1) is 17.0. The summed E-state index contributed by atoms with van der Waals surface area (Å²) < 4.78 is 5.48. The molecule has 2 N–H and O–H groups in total. The van der Waals surface area contributed by atoms with Crippen molar-refractivity contribution in [2.24, 2.45) is 5.41 Å². The molecule has 0 spiro atoms. The zero-order valence-corrected chi connectivity index (χ0v) is 13.0. The number of carboxylic acid groups (broad SMARTS) is 1. The summed E-state index contributed by atoms with van der Waals surface area (Å²) in [4.78, 5) is 23.0. The molecule has 0 bridgehead atoms. The summed E-state index contributed by atoms with van der Waals surface area (Å²) in [6.45, 7) is 7.49. The molecular weight excluding hydrogens is 270 g/mol. The number of hydrogen-bond acceptors (Lipinski definition) is 3. The van der Waals surface area contributed by atoms with Crippen molar-refractivity contribution in [3.63, 3.8) is 0 Å². The second kappa shape index (κ2) is 7.11. The number of nitrogens with one attached hydrogen (secondary N) is 1. The molecule has 0 saturated heterocycles. The Morgan fingerprint density at radius 2 is 2.00 bits per heavy atom. The fourth-order valence-corrected chi connectivity index (χ4v) is 1.85. The van der Waals surface area contributed by atoms with E-state index in [1.807, 2.05) is 31.2 Å². The van der Waals surface area contributed by atoms with Gasteiger partial charge in [0, 0.05) is 0 Å². The molecule has 0 radical (unpaired) electrons. The van der Waals surface area contributed by atoms with Crippen molar-refractivity contribution in [2.45, 2.75) is 40.2 Å². The quantitative estimate of drug-likeness (QED) is 0.844. The number of benzene rings is 1. The van der Waals surface area contributed by atoms with Crippen molar-refractivity contribution in [1.82, 2.24) is 5.32 Å². The summed E-state index contributed by atoms with van der Waals surface area (Å²) in [5.74, 6) is -0.658. The molecule has 0 aromatic heterocycles. The molecule has 1 aromatic carbocycles. The van der Waals surface area contributed by atoms with Gasteiger partial charge in [-0.3, -0.25) is 4.79 Å². The summed E-state index contributed by atoms with van der Waals surface area (Å²) >= 11 is 0. The molecule has 0 fully saturated rings. The number of amides is 1. The Labute approximate surface area is 125 Å². The summed E-state index contributed by atoms with van der Waals surface area (Å²) in [7, 11) is 0. The molecule has 5 nitrogen and oxygen atoms in total. The number of aliphatic carboxylic acids is 1. The molecule has 21 heavy (non-hydrogen) atoms. The van der Waals surface area contributed by atoms with E-state index >= 15 is 0 Å². The minimum absolute atomic E-state index is 0.119. The lowest BCUT2D eigenvalue weighted by molar-refractivity contribution is -0.145. The van der Waals surface area contributed by atoms with Crippen LogP contribution in [0, 0.1) is 12.3 Å². The molecule has 1 aromatic rings. The molecule has 5 heteroatoms. The molecule has 0 aliphatic rings. The maximum Gasteiger partial charge on any atom is 0.326 e. The summed E-state index contributed by atoms with van der Waals surface area (Å²) in [6, 6.07) is 6.63. The van der Waals surface area contributed by atoms with Gasteiger partial charge in [-0.05, 0) is 30.0 Å². The zero-order valence-electron chi connectivity index (χ0n) is 13.0. The van der Waals surface area contributed by atoms with Gasteiger partial charge in [-0.2, -0.15) is 0 Å². The Morgan fingerprint density at radius 1 is 1.33 bits per heavy atom. The van der Waals surface area contributed by atoms with E-state index in [0.717, 1.165) is 5.56 Å². The topological polar surface area (TPSA) is 75.6 Å². The number of carboxylic acids is 1. The van der Waals surface area contributed by atoms with Gasteiger partial charge in [0.15, 0.2) is 0 Å². The first-order valence-corrected chi connectivity index (χ1v) is 6.92. The molecule has 116 valence electrons. The maximum atomic E-state index is 11.8. The van der Waals surface area contributed by atoms with E-state index in [1.54, 1.807) is 20.8 Å². The zero-order chi connectivity index (χ0) is 16.0. The summed E-state index contributed by atoms with van der Waals surface area (Å²) in [6.07, 6.45) is 0.119. The predicted octanol–water partition coefficient (Wildman–Crippen LogP) is 2.38. The van der Waals surface area contributed by atoms with Gasteiger partial charge in [-0.15, -0.1) is 0 Å². The van der Waals surface area contributed by atoms with Crippen molar-refractivity contribution in [1.29, 1.82) is 0 Å². The van der Waals surface area contributed by atoms with Crippen LogP contribution in [-0.4, -0.2) is 29.6 Å². The van der Waals surface area contributed by atoms with Crippen LogP contribution in [-0.2, 0) is 9.59 Å². The van der Waals surface area contributed by atoms with Gasteiger partial charge in [0.05, 0.1) is 13.0 Å². The lowest BCUT2D eigenvalue weighted by atomic mass is 9.86. The number of aryl methyl sites for hydroxylation is 1. The van der Waals surface area contributed by atoms with Crippen LogP contribution in [0.3, 0.4) is 0 Å². The van der Waals surface area contributed by atoms with Gasteiger partial charge in [0.2, 0.25) is 5.91 Å². The van der Waals surface area contributed by atoms with Crippen LogP contribution in [0.4, 0.5) is 0 Å². The Bertz CT molecular complexity index is 505. The lowest BCUT2D eigenvalue weighted by Crippen LogP contribution is -2.49. The molecule has 1 atom stereocenters. The van der Waals surface area contributed by atoms with Crippen LogP contribution in [0.25, 0.3) is 0 Å². The standard InChI is InChI=1S/C16H23NO4/c1-11-6-5-7-12(10-11)21-9-8-13(18)17-14(15(19)20)16(2,3)4/h5-7,10,14H,8-9H2,1-4H3,(H,17,18)(H,19,20)/t14-/m0/s1. The second-order valence-electron chi connectivity index (χ2n) is 6.12. The van der Waals surface area contributed by atoms with Gasteiger partial charge >= 0.3 is 5.97 Å². The second-order valence-corrected chi connectivity index (χ2v) is 6.12. The normalized spacial score (nSPS) is 12.6. The van der Waals surface area contributed by atoms with E-state index in [1.165, 1.54) is 0 Å². The average molecular weight is 293 g/mol. The number of ether oxygens (including phenoxy) is 1. The first-order valence-electron chi connectivity index (χ1n) is 6.92. The van der Waals surface area contributed by atoms with Crippen LogP contribution in [0.2, 0.25) is 0 Å². The van der Waals surface area contributed by atoms with Gasteiger partial charge in [0.1, 0.15) is 11.8 Å². The Balaban J connectivity index is 2.45. The largest absolute Gasteiger partial charge is 0.493 e. The van der Waals surface area contributed by atoms with E-state index in [-0.39, 0.29) is 18.9 Å². The van der Waals surface area contributed by atoms with Crippen molar-refractivity contribution in [2.75, 3.05) is 6.61 Å². The summed E-state index contributed by atoms with van der Waals surface area (Å²) in [5.41, 5.74) is 0.537. The fraction of sp³-hybridized carbons (Fsp3) is 0.500. The number of hydrogen-bond donors (Lipinski definition) is 2. The molecule has 0 saturated carbocycles. The van der Waals surface area contributed by atoms with Gasteiger partial charge in [-0.1, -0.05) is 32.9 Å². The fourth-order valence-electron chi connectivity index (χ4n) is 1.85. The van der Waals surface area contributed by atoms with Crippen LogP contribution < -0.4 is 10.1 Å². The van der Waals surface area contributed by atoms with Crippen LogP contribution in [0.5, 0.6) is 5.75 Å². The van der Waals surface area contributed by atoms with Crippen molar-refractivity contribution in [3.05, 3.63) is 29.8 Å². The molecule has 0 heterocycles. The van der Waals surface area contributed by atoms with Crippen molar-refractivity contribution in [3.8, 4) is 5.75 Å². The van der Waals surface area contributed by atoms with Crippen LogP contribution in [0.15, 0.2) is 24.3 Å². The monoisotopic (exact) mass is 293 g/mol. The highest BCUT2D eigenvalue weighted by molar-refractivity contribution is 5.84. The summed E-state index contributed by atoms with van der Waals surface area (Å²) in [5, 5.41) is 11.7. The predicted molar refractivity (Wildman–Crippen MR) is 80.3 cm³/mol. The maximum absolute atomic E-state index is 11.8. The van der Waals surface area contributed by atoms with E-state index in [0.29, 0.717) is 5.75 Å². The molecule has 0 aliphatic carbocycles. The number of carbonyl (C=O) groups excluding carboxylic acids is 1. The van der Waals surface area contributed by atoms with E-state index in [9.17, 15) is 9.59 Å². The lowest BCUT2D eigenvalue weighted by Gasteiger charge is -2.27. The van der Waals surface area contributed by atoms with Gasteiger partial charge in [-0.25, -0.2) is 4.79 Å². The van der Waals surface area contributed by atoms with Crippen LogP contribution >= 0.6 is 0 Å². The Kier molecular flexibility index (Phi) is 5.76. The minimum Gasteiger partial charge on any atom is -0.493 e. The third-order valence-corrected chi connectivity index (χ3v) is 3.01. The van der Waals surface area contributed by atoms with Crippen molar-refractivity contribution < 1.29 is 19.4 Å². The molecule has 0 aliphatic heterocycles. The first-order chi connectivity index (χ1) is 9.70. The highest BCUT2D eigenvalue weighted by Gasteiger charge is 2.32. The van der Waals surface area contributed by atoms with E-state index in [2.05, 4.69) is 5.32 Å². The average Bonchev–Trinajstić information content (AvgIpc) is 2.34. The molecule has 1 rings (SSSR count). The SMILES string of the molecule is Cc1cccc(OCCC(=O)N[C@@H](C(=O)O)C(C)(C)C)c1. The number of rotatable bonds is 6. The molecule has 0 unspecified atom stereocenters. The highest BCUT2D eigenvalue weighted by atomic mass is 16.5. The third kappa shape index (κ3) is 5.85. The smallest absolute Gasteiger partial charge is 0.326 e. The Morgan fingerprint density at radius 3 is 2.52 bits per heavy atom. The number of carbonyl (C=O) groups is 2. The molecule has 1 amide bonds. The van der Waals surface area contributed by atoms with E-state index in [4.69, 9.17) is 9.84 Å². The highest BCUT2D eigenvalue weighted by Crippen LogP contribution is 2.19. The van der Waals surface area contributed by atoms with E-state index < -0.39 is 17.4 Å². The molecular formula is C16H23NO4. The van der Waals surface area contributed by atoms with Gasteiger partial charge < -0.3 is 15.2 Å². The van der Waals surface area contributed by atoms with Crippen molar-refractivity contribution >= 4 is 11.9 Å². The van der Waals surface area contributed by atoms with Crippen LogP contribution in [0.1, 0.15) is 32.8 Å².